The van der Waals surface area contributed by atoms with Gasteiger partial charge in [-0.25, -0.2) is 4.98 Å². The van der Waals surface area contributed by atoms with Crippen molar-refractivity contribution < 1.29 is 4.74 Å². The number of rotatable bonds is 1. The van der Waals surface area contributed by atoms with E-state index in [0.29, 0.717) is 17.7 Å². The number of nitriles is 1. The van der Waals surface area contributed by atoms with Gasteiger partial charge in [0.1, 0.15) is 11.9 Å². The molecule has 2 bridgehead atoms. The summed E-state index contributed by atoms with van der Waals surface area (Å²) in [6, 6.07) is 4.48. The third-order valence-electron chi connectivity index (χ3n) is 3.98. The van der Waals surface area contributed by atoms with Crippen LogP contribution in [0.15, 0.2) is 24.9 Å². The lowest BCUT2D eigenvalue weighted by atomic mass is 10.2. The maximum absolute atomic E-state index is 9.34. The van der Waals surface area contributed by atoms with Crippen LogP contribution >= 0.6 is 0 Å². The second-order valence-electron chi connectivity index (χ2n) is 5.56. The number of fused-ring (bicyclic) bond motifs is 3. The Balaban J connectivity index is 0.000000446. The van der Waals surface area contributed by atoms with Crippen molar-refractivity contribution in [3.05, 3.63) is 30.5 Å². The summed E-state index contributed by atoms with van der Waals surface area (Å²) in [6.45, 7) is 6.82. The number of aromatic nitrogens is 3. The largest absolute Gasteiger partial charge is 0.374 e. The number of pyridine rings is 1. The summed E-state index contributed by atoms with van der Waals surface area (Å²) in [5.74, 6) is 0.773. The van der Waals surface area contributed by atoms with Gasteiger partial charge in [0, 0.05) is 19.0 Å². The van der Waals surface area contributed by atoms with Crippen molar-refractivity contribution in [1.29, 1.82) is 5.26 Å². The summed E-state index contributed by atoms with van der Waals surface area (Å²) < 4.78 is 7.34. The number of hydrogen-bond donors (Lipinski definition) is 0. The highest BCUT2D eigenvalue weighted by Gasteiger charge is 2.40. The van der Waals surface area contributed by atoms with E-state index in [9.17, 15) is 5.26 Å². The molecule has 0 amide bonds. The van der Waals surface area contributed by atoms with Gasteiger partial charge in [0.25, 0.3) is 0 Å². The first-order chi connectivity index (χ1) is 10.7. The summed E-state index contributed by atoms with van der Waals surface area (Å²) in [5.41, 5.74) is 1.44. The molecular formula is C16H19N5O. The minimum Gasteiger partial charge on any atom is -0.374 e. The summed E-state index contributed by atoms with van der Waals surface area (Å²) >= 11 is 0. The summed E-state index contributed by atoms with van der Waals surface area (Å²) in [4.78, 5) is 6.86. The van der Waals surface area contributed by atoms with Crippen molar-refractivity contribution in [3.8, 4) is 6.07 Å². The first-order valence-electron chi connectivity index (χ1n) is 7.36. The first kappa shape index (κ1) is 14.5. The molecule has 2 saturated heterocycles. The molecule has 2 atom stereocenters. The van der Waals surface area contributed by atoms with E-state index in [1.807, 2.05) is 20.0 Å². The number of hydrogen-bond acceptors (Lipinski definition) is 5. The van der Waals surface area contributed by atoms with Gasteiger partial charge >= 0.3 is 0 Å². The van der Waals surface area contributed by atoms with Crippen LogP contribution < -0.4 is 4.90 Å². The maximum Gasteiger partial charge on any atom is 0.159 e. The summed E-state index contributed by atoms with van der Waals surface area (Å²) in [5, 5.41) is 14.4. The Morgan fingerprint density at radius 1 is 1.55 bits per heavy atom. The topological polar surface area (TPSA) is 67.0 Å². The van der Waals surface area contributed by atoms with Gasteiger partial charge in [-0.3, -0.25) is 4.68 Å². The fourth-order valence-corrected chi connectivity index (χ4v) is 3.03. The molecule has 0 aliphatic carbocycles. The van der Waals surface area contributed by atoms with Gasteiger partial charge in [-0.1, -0.05) is 6.08 Å². The van der Waals surface area contributed by atoms with E-state index in [1.54, 1.807) is 17.0 Å². The number of allylic oxidation sites excluding steroid dienone is 1. The van der Waals surface area contributed by atoms with Crippen LogP contribution in [0.2, 0.25) is 0 Å². The average Bonchev–Trinajstić information content (AvgIpc) is 3.23. The fourth-order valence-electron chi connectivity index (χ4n) is 3.03. The molecule has 22 heavy (non-hydrogen) atoms. The Labute approximate surface area is 129 Å². The summed E-state index contributed by atoms with van der Waals surface area (Å²) in [7, 11) is 1.87. The van der Waals surface area contributed by atoms with Crippen LogP contribution in [0.3, 0.4) is 0 Å². The van der Waals surface area contributed by atoms with Crippen molar-refractivity contribution in [2.45, 2.75) is 25.5 Å². The normalized spacial score (nSPS) is 22.3. The summed E-state index contributed by atoms with van der Waals surface area (Å²) in [6.07, 6.45) is 4.82. The number of aryl methyl sites for hydroxylation is 1. The molecule has 114 valence electrons. The van der Waals surface area contributed by atoms with E-state index in [-0.39, 0.29) is 0 Å². The minimum atomic E-state index is 0.292. The molecule has 0 radical (unpaired) electrons. The molecule has 0 N–H and O–H groups in total. The lowest BCUT2D eigenvalue weighted by Crippen LogP contribution is -2.38. The quantitative estimate of drug-likeness (QED) is 0.753. The van der Waals surface area contributed by atoms with E-state index >= 15 is 0 Å². The Hall–Kier alpha value is -2.39. The van der Waals surface area contributed by atoms with Crippen LogP contribution in [0.25, 0.3) is 11.0 Å². The first-order valence-corrected chi connectivity index (χ1v) is 7.36. The fraction of sp³-hybridized carbons (Fsp3) is 0.438. The van der Waals surface area contributed by atoms with Crippen LogP contribution in [-0.4, -0.2) is 40.1 Å². The zero-order valence-electron chi connectivity index (χ0n) is 12.9. The number of morpholine rings is 1. The SMILES string of the molecule is C=CC.Cn1ncc2cc(C#N)c(N3CC4CC3CO4)nc21. The van der Waals surface area contributed by atoms with Crippen LogP contribution in [0.1, 0.15) is 18.9 Å². The van der Waals surface area contributed by atoms with Crippen molar-refractivity contribution >= 4 is 16.9 Å². The predicted molar refractivity (Wildman–Crippen MR) is 84.6 cm³/mol. The Bertz CT molecular complexity index is 745. The zero-order valence-corrected chi connectivity index (χ0v) is 12.9. The Morgan fingerprint density at radius 3 is 2.91 bits per heavy atom. The highest BCUT2D eigenvalue weighted by Crippen LogP contribution is 2.34. The van der Waals surface area contributed by atoms with Crippen LogP contribution in [-0.2, 0) is 11.8 Å². The van der Waals surface area contributed by atoms with Gasteiger partial charge in [-0.2, -0.15) is 10.4 Å². The highest BCUT2D eigenvalue weighted by atomic mass is 16.5. The minimum absolute atomic E-state index is 0.292. The molecular weight excluding hydrogens is 278 g/mol. The molecule has 4 rings (SSSR count). The lowest BCUT2D eigenvalue weighted by Gasteiger charge is -2.28. The van der Waals surface area contributed by atoms with Crippen LogP contribution in [0.4, 0.5) is 5.82 Å². The molecule has 6 heteroatoms. The van der Waals surface area contributed by atoms with Gasteiger partial charge < -0.3 is 9.64 Å². The molecule has 0 spiro atoms. The molecule has 2 aliphatic heterocycles. The van der Waals surface area contributed by atoms with Crippen molar-refractivity contribution in [1.82, 2.24) is 14.8 Å². The Morgan fingerprint density at radius 2 is 2.32 bits per heavy atom. The van der Waals surface area contributed by atoms with Gasteiger partial charge in [-0.15, -0.1) is 6.58 Å². The number of ether oxygens (including phenoxy) is 1. The molecule has 0 aromatic carbocycles. The smallest absolute Gasteiger partial charge is 0.159 e. The third kappa shape index (κ3) is 2.34. The van der Waals surface area contributed by atoms with Gasteiger partial charge in [0.05, 0.1) is 30.5 Å². The van der Waals surface area contributed by atoms with Gasteiger partial charge in [0.15, 0.2) is 5.65 Å². The van der Waals surface area contributed by atoms with Gasteiger partial charge in [-0.05, 0) is 19.4 Å². The van der Waals surface area contributed by atoms with E-state index in [1.165, 1.54) is 0 Å². The molecule has 4 heterocycles. The molecule has 2 aromatic rings. The molecule has 0 saturated carbocycles. The Kier molecular flexibility index (Phi) is 3.82. The second-order valence-corrected chi connectivity index (χ2v) is 5.56. The molecule has 2 unspecified atom stereocenters. The van der Waals surface area contributed by atoms with E-state index < -0.39 is 0 Å². The molecule has 2 aliphatic rings. The van der Waals surface area contributed by atoms with Crippen molar-refractivity contribution in [2.24, 2.45) is 7.05 Å². The zero-order chi connectivity index (χ0) is 15.7. The maximum atomic E-state index is 9.34. The standard InChI is InChI=1S/C13H13N5O.C3H6/c1-17-12-9(5-15-17)2-8(4-14)13(16-12)18-6-11-3-10(18)7-19-11;1-3-2/h2,5,10-11H,3,6-7H2,1H3;3H,1H2,2H3. The third-order valence-corrected chi connectivity index (χ3v) is 3.98. The van der Waals surface area contributed by atoms with Gasteiger partial charge in [0.2, 0.25) is 0 Å². The molecule has 2 aromatic heterocycles. The highest BCUT2D eigenvalue weighted by molar-refractivity contribution is 5.80. The molecule has 2 fully saturated rings. The number of nitrogens with zero attached hydrogens (tertiary/aromatic N) is 5. The monoisotopic (exact) mass is 297 g/mol. The van der Waals surface area contributed by atoms with Crippen LogP contribution in [0.5, 0.6) is 0 Å². The van der Waals surface area contributed by atoms with E-state index in [2.05, 4.69) is 27.6 Å². The second kappa shape index (κ2) is 5.78. The van der Waals surface area contributed by atoms with Crippen molar-refractivity contribution in [3.63, 3.8) is 0 Å². The number of anilines is 1. The lowest BCUT2D eigenvalue weighted by molar-refractivity contribution is 0.0989. The van der Waals surface area contributed by atoms with E-state index in [4.69, 9.17) is 4.74 Å². The predicted octanol–water partition coefficient (Wildman–Crippen LogP) is 2.01. The van der Waals surface area contributed by atoms with Crippen LogP contribution in [0, 0.1) is 11.3 Å². The molecule has 6 nitrogen and oxygen atoms in total. The van der Waals surface area contributed by atoms with E-state index in [0.717, 1.165) is 36.4 Å². The average molecular weight is 297 g/mol. The van der Waals surface area contributed by atoms with Crippen molar-refractivity contribution in [2.75, 3.05) is 18.1 Å².